The van der Waals surface area contributed by atoms with Gasteiger partial charge in [-0.25, -0.2) is 8.42 Å². The van der Waals surface area contributed by atoms with Crippen molar-refractivity contribution in [3.8, 4) is 5.75 Å². The van der Waals surface area contributed by atoms with E-state index < -0.39 is 9.84 Å². The van der Waals surface area contributed by atoms with Crippen molar-refractivity contribution in [2.75, 3.05) is 25.7 Å². The molecular formula is C15H19NO4S. The molecule has 1 aromatic carbocycles. The number of methoxy groups -OCH3 is 1. The fourth-order valence-corrected chi connectivity index (χ4v) is 4.12. The number of rotatable bonds is 4. The highest BCUT2D eigenvalue weighted by Gasteiger charge is 2.31. The van der Waals surface area contributed by atoms with Crippen LogP contribution in [0.4, 0.5) is 0 Å². The molecular weight excluding hydrogens is 290 g/mol. The lowest BCUT2D eigenvalue weighted by molar-refractivity contribution is -0.126. The summed E-state index contributed by atoms with van der Waals surface area (Å²) in [7, 11) is 0.223. The van der Waals surface area contributed by atoms with Crippen molar-refractivity contribution in [3.63, 3.8) is 0 Å². The lowest BCUT2D eigenvalue weighted by Gasteiger charge is -2.21. The Balaban J connectivity index is 2.05. The van der Waals surface area contributed by atoms with E-state index in [1.165, 1.54) is 11.0 Å². The van der Waals surface area contributed by atoms with Crippen molar-refractivity contribution >= 4 is 21.8 Å². The van der Waals surface area contributed by atoms with Crippen LogP contribution >= 0.6 is 0 Å². The van der Waals surface area contributed by atoms with Gasteiger partial charge in [0.15, 0.2) is 9.84 Å². The quantitative estimate of drug-likeness (QED) is 0.788. The highest BCUT2D eigenvalue weighted by Crippen LogP contribution is 2.20. The van der Waals surface area contributed by atoms with Gasteiger partial charge in [0, 0.05) is 24.7 Å². The molecule has 6 heteroatoms. The molecule has 1 fully saturated rings. The van der Waals surface area contributed by atoms with Crippen molar-refractivity contribution in [1.82, 2.24) is 4.90 Å². The maximum atomic E-state index is 12.1. The van der Waals surface area contributed by atoms with Gasteiger partial charge in [0.25, 0.3) is 0 Å². The van der Waals surface area contributed by atoms with E-state index in [0.29, 0.717) is 12.2 Å². The van der Waals surface area contributed by atoms with Crippen molar-refractivity contribution < 1.29 is 17.9 Å². The van der Waals surface area contributed by atoms with Crippen LogP contribution in [0, 0.1) is 0 Å². The van der Waals surface area contributed by atoms with Gasteiger partial charge < -0.3 is 9.64 Å². The summed E-state index contributed by atoms with van der Waals surface area (Å²) in [6, 6.07) is 7.15. The number of sulfone groups is 1. The Bertz CT molecular complexity index is 651. The third-order valence-electron chi connectivity index (χ3n) is 3.65. The molecule has 2 rings (SSSR count). The largest absolute Gasteiger partial charge is 0.496 e. The van der Waals surface area contributed by atoms with Crippen molar-refractivity contribution in [3.05, 3.63) is 35.9 Å². The second-order valence-electron chi connectivity index (χ2n) is 5.08. The number of likely N-dealkylation sites (N-methyl/N-ethyl adjacent to an activating group) is 1. The van der Waals surface area contributed by atoms with Crippen LogP contribution in [0.15, 0.2) is 30.3 Å². The number of carbonyl (C=O) groups excluding carboxylic acids is 1. The van der Waals surface area contributed by atoms with E-state index in [1.54, 1.807) is 20.2 Å². The summed E-state index contributed by atoms with van der Waals surface area (Å²) in [5.74, 6) is 0.694. The Kier molecular flexibility index (Phi) is 4.67. The van der Waals surface area contributed by atoms with E-state index in [4.69, 9.17) is 4.74 Å². The van der Waals surface area contributed by atoms with E-state index in [1.807, 2.05) is 24.3 Å². The minimum atomic E-state index is -2.99. The minimum Gasteiger partial charge on any atom is -0.496 e. The summed E-state index contributed by atoms with van der Waals surface area (Å²) in [6.07, 6.45) is 3.64. The van der Waals surface area contributed by atoms with Crippen LogP contribution in [0.1, 0.15) is 12.0 Å². The minimum absolute atomic E-state index is 0.0533. The lowest BCUT2D eigenvalue weighted by atomic mass is 10.1. The molecule has 0 aliphatic carbocycles. The molecule has 0 bridgehead atoms. The Morgan fingerprint density at radius 3 is 2.71 bits per heavy atom. The molecule has 0 saturated carbocycles. The highest BCUT2D eigenvalue weighted by atomic mass is 32.2. The van der Waals surface area contributed by atoms with E-state index >= 15 is 0 Å². The molecule has 1 saturated heterocycles. The molecule has 0 radical (unpaired) electrons. The summed E-state index contributed by atoms with van der Waals surface area (Å²) in [4.78, 5) is 13.6. The molecule has 0 N–H and O–H groups in total. The molecule has 1 heterocycles. The summed E-state index contributed by atoms with van der Waals surface area (Å²) < 4.78 is 28.1. The van der Waals surface area contributed by atoms with Crippen LogP contribution in [-0.2, 0) is 14.6 Å². The molecule has 1 amide bonds. The molecule has 1 aliphatic heterocycles. The number of amides is 1. The normalized spacial score (nSPS) is 20.6. The Labute approximate surface area is 125 Å². The third-order valence-corrected chi connectivity index (χ3v) is 5.40. The van der Waals surface area contributed by atoms with Crippen LogP contribution in [0.5, 0.6) is 5.75 Å². The molecule has 1 aromatic rings. The van der Waals surface area contributed by atoms with Gasteiger partial charge in [-0.2, -0.15) is 0 Å². The molecule has 0 aromatic heterocycles. The molecule has 1 unspecified atom stereocenters. The Hall–Kier alpha value is -1.82. The molecule has 0 spiro atoms. The van der Waals surface area contributed by atoms with E-state index in [-0.39, 0.29) is 23.5 Å². The second-order valence-corrected chi connectivity index (χ2v) is 7.31. The number of nitrogens with zero attached hydrogens (tertiary/aromatic N) is 1. The van der Waals surface area contributed by atoms with E-state index in [9.17, 15) is 13.2 Å². The summed E-state index contributed by atoms with van der Waals surface area (Å²) in [5.41, 5.74) is 0.806. The fourth-order valence-electron chi connectivity index (χ4n) is 2.34. The number of ether oxygens (including phenoxy) is 1. The topological polar surface area (TPSA) is 63.7 Å². The fraction of sp³-hybridized carbons (Fsp3) is 0.400. The monoisotopic (exact) mass is 309 g/mol. The first-order chi connectivity index (χ1) is 9.93. The van der Waals surface area contributed by atoms with Crippen LogP contribution in [0.25, 0.3) is 6.08 Å². The second kappa shape index (κ2) is 6.30. The molecule has 1 atom stereocenters. The zero-order valence-electron chi connectivity index (χ0n) is 12.2. The van der Waals surface area contributed by atoms with Crippen LogP contribution in [0.2, 0.25) is 0 Å². The molecule has 21 heavy (non-hydrogen) atoms. The van der Waals surface area contributed by atoms with Crippen molar-refractivity contribution in [2.24, 2.45) is 0 Å². The predicted octanol–water partition coefficient (Wildman–Crippen LogP) is 1.35. The summed E-state index contributed by atoms with van der Waals surface area (Å²) >= 11 is 0. The lowest BCUT2D eigenvalue weighted by Crippen LogP contribution is -2.36. The zero-order valence-corrected chi connectivity index (χ0v) is 13.0. The maximum absolute atomic E-state index is 12.1. The average molecular weight is 309 g/mol. The Morgan fingerprint density at radius 1 is 1.38 bits per heavy atom. The van der Waals surface area contributed by atoms with Gasteiger partial charge in [0.2, 0.25) is 5.91 Å². The Morgan fingerprint density at radius 2 is 2.10 bits per heavy atom. The first-order valence-corrected chi connectivity index (χ1v) is 8.53. The summed E-state index contributed by atoms with van der Waals surface area (Å²) in [5, 5.41) is 0. The van der Waals surface area contributed by atoms with Gasteiger partial charge >= 0.3 is 0 Å². The summed E-state index contributed by atoms with van der Waals surface area (Å²) in [6.45, 7) is 0. The zero-order chi connectivity index (χ0) is 15.5. The predicted molar refractivity (Wildman–Crippen MR) is 81.9 cm³/mol. The number of para-hydroxylation sites is 1. The number of hydrogen-bond donors (Lipinski definition) is 0. The molecule has 1 aliphatic rings. The van der Waals surface area contributed by atoms with Crippen molar-refractivity contribution in [2.45, 2.75) is 12.5 Å². The first-order valence-electron chi connectivity index (χ1n) is 6.71. The maximum Gasteiger partial charge on any atom is 0.246 e. The smallest absolute Gasteiger partial charge is 0.246 e. The molecule has 5 nitrogen and oxygen atoms in total. The van der Waals surface area contributed by atoms with Gasteiger partial charge in [-0.05, 0) is 18.6 Å². The number of carbonyl (C=O) groups is 1. The van der Waals surface area contributed by atoms with Gasteiger partial charge in [-0.3, -0.25) is 4.79 Å². The van der Waals surface area contributed by atoms with Crippen LogP contribution in [-0.4, -0.2) is 50.9 Å². The van der Waals surface area contributed by atoms with E-state index in [2.05, 4.69) is 0 Å². The average Bonchev–Trinajstić information content (AvgIpc) is 2.84. The third kappa shape index (κ3) is 3.85. The van der Waals surface area contributed by atoms with E-state index in [0.717, 1.165) is 5.56 Å². The number of benzene rings is 1. The van der Waals surface area contributed by atoms with Crippen molar-refractivity contribution in [1.29, 1.82) is 0 Å². The van der Waals surface area contributed by atoms with Gasteiger partial charge in [-0.1, -0.05) is 18.2 Å². The van der Waals surface area contributed by atoms with Gasteiger partial charge in [0.05, 0.1) is 18.6 Å². The van der Waals surface area contributed by atoms with Gasteiger partial charge in [-0.15, -0.1) is 0 Å². The standard InChI is InChI=1S/C15H19NO4S/c1-16(13-9-10-21(18,19)11-13)15(17)8-7-12-5-3-4-6-14(12)20-2/h3-8,13H,9-11H2,1-2H3/b8-7+. The van der Waals surface area contributed by atoms with Crippen LogP contribution < -0.4 is 4.74 Å². The number of hydrogen-bond acceptors (Lipinski definition) is 4. The van der Waals surface area contributed by atoms with Gasteiger partial charge in [0.1, 0.15) is 5.75 Å². The highest BCUT2D eigenvalue weighted by molar-refractivity contribution is 7.91. The molecule has 114 valence electrons. The first kappa shape index (κ1) is 15.6. The SMILES string of the molecule is COc1ccccc1/C=C/C(=O)N(C)C1CCS(=O)(=O)C1. The van der Waals surface area contributed by atoms with Crippen LogP contribution in [0.3, 0.4) is 0 Å².